The molecule has 0 saturated carbocycles. The van der Waals surface area contributed by atoms with Crippen LogP contribution in [0, 0.1) is 0 Å². The number of aromatic nitrogens is 1. The third-order valence-corrected chi connectivity index (χ3v) is 3.27. The number of unbranched alkanes of at least 4 members (excludes halogenated alkanes) is 2. The Labute approximate surface area is 97.1 Å². The summed E-state index contributed by atoms with van der Waals surface area (Å²) in [5, 5.41) is 5.71. The van der Waals surface area contributed by atoms with Crippen molar-refractivity contribution in [3.05, 3.63) is 16.6 Å². The molecule has 1 N–H and O–H groups in total. The molecule has 0 aliphatic rings. The van der Waals surface area contributed by atoms with Gasteiger partial charge in [0, 0.05) is 17.5 Å². The summed E-state index contributed by atoms with van der Waals surface area (Å²) in [6.45, 7) is 6.69. The van der Waals surface area contributed by atoms with Crippen molar-refractivity contribution in [3.63, 3.8) is 0 Å². The van der Waals surface area contributed by atoms with Crippen LogP contribution in [0.1, 0.15) is 58.2 Å². The summed E-state index contributed by atoms with van der Waals surface area (Å²) in [7, 11) is 0. The smallest absolute Gasteiger partial charge is 0.0795 e. The predicted octanol–water partition coefficient (Wildman–Crippen LogP) is 3.76. The average Bonchev–Trinajstić information content (AvgIpc) is 2.70. The quantitative estimate of drug-likeness (QED) is 0.716. The molecule has 0 aliphatic carbocycles. The second-order valence-electron chi connectivity index (χ2n) is 4.20. The van der Waals surface area contributed by atoms with E-state index in [1.165, 1.54) is 31.4 Å². The number of hydrogen-bond acceptors (Lipinski definition) is 3. The summed E-state index contributed by atoms with van der Waals surface area (Å²) < 4.78 is 0. The van der Waals surface area contributed by atoms with Crippen LogP contribution >= 0.6 is 11.3 Å². The van der Waals surface area contributed by atoms with E-state index < -0.39 is 0 Å². The summed E-state index contributed by atoms with van der Waals surface area (Å²) in [6, 6.07) is 0.973. The Hall–Kier alpha value is -0.410. The van der Waals surface area contributed by atoms with Gasteiger partial charge in [0.05, 0.1) is 11.2 Å². The van der Waals surface area contributed by atoms with Crippen LogP contribution in [-0.4, -0.2) is 11.0 Å². The minimum absolute atomic E-state index is 0.382. The summed E-state index contributed by atoms with van der Waals surface area (Å²) >= 11 is 1.67. The zero-order chi connectivity index (χ0) is 11.1. The first-order chi connectivity index (χ1) is 7.24. The first-order valence-electron chi connectivity index (χ1n) is 5.88. The fourth-order valence-electron chi connectivity index (χ4n) is 1.73. The van der Waals surface area contributed by atoms with Gasteiger partial charge in [0.1, 0.15) is 0 Å². The highest BCUT2D eigenvalue weighted by molar-refractivity contribution is 7.07. The Balaban J connectivity index is 2.22. The highest BCUT2D eigenvalue weighted by Crippen LogP contribution is 2.14. The average molecular weight is 226 g/mol. The van der Waals surface area contributed by atoms with E-state index in [1.807, 2.05) is 5.51 Å². The maximum Gasteiger partial charge on any atom is 0.0795 e. The molecule has 1 aromatic heterocycles. The molecule has 1 heterocycles. The first kappa shape index (κ1) is 12.7. The fourth-order valence-corrected chi connectivity index (χ4v) is 2.38. The van der Waals surface area contributed by atoms with Crippen molar-refractivity contribution in [2.45, 2.75) is 58.5 Å². The van der Waals surface area contributed by atoms with Crippen LogP contribution in [0.25, 0.3) is 0 Å². The monoisotopic (exact) mass is 226 g/mol. The van der Waals surface area contributed by atoms with Crippen molar-refractivity contribution in [2.75, 3.05) is 0 Å². The van der Waals surface area contributed by atoms with Gasteiger partial charge < -0.3 is 5.32 Å². The molecule has 15 heavy (non-hydrogen) atoms. The molecule has 0 aromatic carbocycles. The number of nitrogens with zero attached hydrogens (tertiary/aromatic N) is 1. The first-order valence-corrected chi connectivity index (χ1v) is 6.82. The standard InChI is InChI=1S/C12H22N2S/c1-4-5-6-7-10(2)14-11(3)12-8-15-9-13-12/h8-11,14H,4-7H2,1-3H3. The van der Waals surface area contributed by atoms with Crippen LogP contribution in [0.5, 0.6) is 0 Å². The van der Waals surface area contributed by atoms with Crippen molar-refractivity contribution in [3.8, 4) is 0 Å². The lowest BCUT2D eigenvalue weighted by Gasteiger charge is -2.18. The predicted molar refractivity (Wildman–Crippen MR) is 67.3 cm³/mol. The number of hydrogen-bond donors (Lipinski definition) is 1. The molecule has 2 unspecified atom stereocenters. The van der Waals surface area contributed by atoms with Crippen molar-refractivity contribution < 1.29 is 0 Å². The van der Waals surface area contributed by atoms with E-state index in [9.17, 15) is 0 Å². The molecule has 1 rings (SSSR count). The van der Waals surface area contributed by atoms with E-state index in [0.29, 0.717) is 12.1 Å². The summed E-state index contributed by atoms with van der Waals surface area (Å²) in [6.07, 6.45) is 5.24. The van der Waals surface area contributed by atoms with Crippen LogP contribution in [0.3, 0.4) is 0 Å². The molecule has 0 bridgehead atoms. The summed E-state index contributed by atoms with van der Waals surface area (Å²) in [4.78, 5) is 4.32. The zero-order valence-electron chi connectivity index (χ0n) is 9.99. The van der Waals surface area contributed by atoms with Crippen LogP contribution in [-0.2, 0) is 0 Å². The molecule has 1 aromatic rings. The second kappa shape index (κ2) is 6.96. The Kier molecular flexibility index (Phi) is 5.88. The molecule has 0 spiro atoms. The van der Waals surface area contributed by atoms with Crippen LogP contribution in [0.2, 0.25) is 0 Å². The Morgan fingerprint density at radius 2 is 2.20 bits per heavy atom. The van der Waals surface area contributed by atoms with Gasteiger partial charge in [-0.2, -0.15) is 0 Å². The normalized spacial score (nSPS) is 15.1. The molecule has 0 amide bonds. The van der Waals surface area contributed by atoms with Gasteiger partial charge in [0.15, 0.2) is 0 Å². The molecule has 0 saturated heterocycles. The molecule has 0 aliphatic heterocycles. The summed E-state index contributed by atoms with van der Waals surface area (Å²) in [5.41, 5.74) is 3.07. The Morgan fingerprint density at radius 1 is 1.40 bits per heavy atom. The Morgan fingerprint density at radius 3 is 2.80 bits per heavy atom. The van der Waals surface area contributed by atoms with Gasteiger partial charge in [-0.05, 0) is 20.3 Å². The third-order valence-electron chi connectivity index (χ3n) is 2.67. The second-order valence-corrected chi connectivity index (χ2v) is 4.92. The molecule has 3 heteroatoms. The highest BCUT2D eigenvalue weighted by atomic mass is 32.1. The Bertz CT molecular complexity index is 246. The molecule has 0 radical (unpaired) electrons. The molecular formula is C12H22N2S. The van der Waals surface area contributed by atoms with Crippen LogP contribution < -0.4 is 5.32 Å². The fraction of sp³-hybridized carbons (Fsp3) is 0.750. The van der Waals surface area contributed by atoms with Crippen LogP contribution in [0.15, 0.2) is 10.9 Å². The van der Waals surface area contributed by atoms with E-state index >= 15 is 0 Å². The maximum absolute atomic E-state index is 4.32. The minimum Gasteiger partial charge on any atom is -0.306 e. The third kappa shape index (κ3) is 4.76. The topological polar surface area (TPSA) is 24.9 Å². The molecule has 0 fully saturated rings. The minimum atomic E-state index is 0.382. The zero-order valence-corrected chi connectivity index (χ0v) is 10.8. The van der Waals surface area contributed by atoms with Crippen molar-refractivity contribution in [1.82, 2.24) is 10.3 Å². The van der Waals surface area contributed by atoms with E-state index in [-0.39, 0.29) is 0 Å². The lowest BCUT2D eigenvalue weighted by molar-refractivity contribution is 0.436. The van der Waals surface area contributed by atoms with Gasteiger partial charge in [0.25, 0.3) is 0 Å². The van der Waals surface area contributed by atoms with Gasteiger partial charge in [-0.25, -0.2) is 4.98 Å². The van der Waals surface area contributed by atoms with Gasteiger partial charge in [-0.3, -0.25) is 0 Å². The van der Waals surface area contributed by atoms with Gasteiger partial charge in [-0.15, -0.1) is 11.3 Å². The van der Waals surface area contributed by atoms with E-state index in [4.69, 9.17) is 0 Å². The molecule has 2 nitrogen and oxygen atoms in total. The number of rotatable bonds is 7. The lowest BCUT2D eigenvalue weighted by atomic mass is 10.1. The van der Waals surface area contributed by atoms with Gasteiger partial charge >= 0.3 is 0 Å². The van der Waals surface area contributed by atoms with E-state index in [0.717, 1.165) is 0 Å². The molecule has 2 atom stereocenters. The lowest BCUT2D eigenvalue weighted by Crippen LogP contribution is -2.29. The summed E-state index contributed by atoms with van der Waals surface area (Å²) in [5.74, 6) is 0. The van der Waals surface area contributed by atoms with Crippen LogP contribution in [0.4, 0.5) is 0 Å². The van der Waals surface area contributed by atoms with Gasteiger partial charge in [-0.1, -0.05) is 26.2 Å². The van der Waals surface area contributed by atoms with Crippen molar-refractivity contribution >= 4 is 11.3 Å². The largest absolute Gasteiger partial charge is 0.306 e. The number of nitrogens with one attached hydrogen (secondary N) is 1. The highest BCUT2D eigenvalue weighted by Gasteiger charge is 2.10. The van der Waals surface area contributed by atoms with Crippen molar-refractivity contribution in [2.24, 2.45) is 0 Å². The van der Waals surface area contributed by atoms with Crippen molar-refractivity contribution in [1.29, 1.82) is 0 Å². The maximum atomic E-state index is 4.32. The molecular weight excluding hydrogens is 204 g/mol. The van der Waals surface area contributed by atoms with Gasteiger partial charge in [0.2, 0.25) is 0 Å². The molecule has 86 valence electrons. The SMILES string of the molecule is CCCCCC(C)NC(C)c1cscn1. The number of thiazole rings is 1. The van der Waals surface area contributed by atoms with E-state index in [1.54, 1.807) is 11.3 Å². The van der Waals surface area contributed by atoms with E-state index in [2.05, 4.69) is 36.5 Å².